The maximum Gasteiger partial charge on any atom is 0.511 e. The SMILES string of the molecule is CCCOC(=O)OC(C)OC(=O)C1=C(/C=C\c2cccnc2)CS[C@@H]2[C@H](NC(=O)/C(=N/OC(c3ccccc3)(c3ccccc3)c3ccccc3)c3csc(N)n3)C(=O)N12. The molecule has 3 aromatic carbocycles. The number of anilines is 1. The molecule has 60 heavy (non-hydrogen) atoms. The summed E-state index contributed by atoms with van der Waals surface area (Å²) in [7, 11) is 0. The van der Waals surface area contributed by atoms with Crippen LogP contribution in [0, 0.1) is 0 Å². The lowest BCUT2D eigenvalue weighted by atomic mass is 9.80. The average molecular weight is 845 g/mol. The molecule has 1 saturated heterocycles. The van der Waals surface area contributed by atoms with E-state index in [4.69, 9.17) is 24.8 Å². The molecule has 0 saturated carbocycles. The summed E-state index contributed by atoms with van der Waals surface area (Å²) >= 11 is 2.45. The van der Waals surface area contributed by atoms with Crippen molar-refractivity contribution in [3.05, 3.63) is 166 Å². The minimum Gasteiger partial charge on any atom is -0.434 e. The molecule has 2 aliphatic heterocycles. The quantitative estimate of drug-likeness (QED) is 0.0286. The van der Waals surface area contributed by atoms with E-state index in [9.17, 15) is 19.2 Å². The Hall–Kier alpha value is -6.78. The van der Waals surface area contributed by atoms with Crippen molar-refractivity contribution in [2.24, 2.45) is 5.16 Å². The minimum absolute atomic E-state index is 0.0605. The maximum absolute atomic E-state index is 14.4. The Labute approximate surface area is 354 Å². The first-order valence-corrected chi connectivity index (χ1v) is 20.9. The molecule has 3 N–H and O–H groups in total. The van der Waals surface area contributed by atoms with Crippen molar-refractivity contribution in [3.63, 3.8) is 0 Å². The fourth-order valence-corrected chi connectivity index (χ4v) is 8.48. The molecule has 3 atom stereocenters. The van der Waals surface area contributed by atoms with E-state index in [-0.39, 0.29) is 34.6 Å². The number of fused-ring (bicyclic) bond motifs is 1. The van der Waals surface area contributed by atoms with E-state index < -0.39 is 47.2 Å². The van der Waals surface area contributed by atoms with Crippen molar-refractivity contribution in [3.8, 4) is 0 Å². The molecule has 5 aromatic rings. The molecule has 16 heteroatoms. The number of nitrogens with two attached hydrogens (primary N) is 1. The number of esters is 1. The van der Waals surface area contributed by atoms with Crippen molar-refractivity contribution in [1.82, 2.24) is 20.2 Å². The van der Waals surface area contributed by atoms with Crippen LogP contribution in [0.25, 0.3) is 6.08 Å². The number of hydrogen-bond acceptors (Lipinski definition) is 14. The second-order valence-electron chi connectivity index (χ2n) is 13.4. The number of carbonyl (C=O) groups excluding carboxylic acids is 4. The topological polar surface area (TPSA) is 185 Å². The number of thiazole rings is 1. The van der Waals surface area contributed by atoms with Crippen LogP contribution in [-0.4, -0.2) is 74.6 Å². The molecule has 2 aliphatic rings. The van der Waals surface area contributed by atoms with E-state index in [1.807, 2.05) is 104 Å². The number of hydrogen-bond donors (Lipinski definition) is 2. The number of benzene rings is 3. The first-order valence-electron chi connectivity index (χ1n) is 18.9. The van der Waals surface area contributed by atoms with Gasteiger partial charge in [-0.25, -0.2) is 14.6 Å². The number of amides is 2. The van der Waals surface area contributed by atoms with Gasteiger partial charge in [-0.2, -0.15) is 0 Å². The van der Waals surface area contributed by atoms with Crippen molar-refractivity contribution in [1.29, 1.82) is 0 Å². The minimum atomic E-state index is -1.34. The molecule has 4 heterocycles. The fraction of sp³-hybridized carbons (Fsp3) is 0.205. The van der Waals surface area contributed by atoms with Crippen molar-refractivity contribution in [2.75, 3.05) is 18.1 Å². The van der Waals surface area contributed by atoms with E-state index >= 15 is 0 Å². The molecule has 2 amide bonds. The van der Waals surface area contributed by atoms with Gasteiger partial charge in [-0.05, 0) is 23.6 Å². The highest BCUT2D eigenvalue weighted by Gasteiger charge is 2.55. The second-order valence-corrected chi connectivity index (χ2v) is 15.4. The molecule has 0 aliphatic carbocycles. The van der Waals surface area contributed by atoms with E-state index in [2.05, 4.69) is 20.4 Å². The Morgan fingerprint density at radius 3 is 2.17 bits per heavy atom. The Morgan fingerprint density at radius 1 is 0.950 bits per heavy atom. The zero-order valence-electron chi connectivity index (χ0n) is 32.5. The molecule has 2 aromatic heterocycles. The number of nitrogen functional groups attached to an aromatic ring is 1. The fourth-order valence-electron chi connectivity index (χ4n) is 6.62. The molecular weight excluding hydrogens is 805 g/mol. The van der Waals surface area contributed by atoms with Crippen LogP contribution < -0.4 is 11.1 Å². The summed E-state index contributed by atoms with van der Waals surface area (Å²) < 4.78 is 15.6. The number of nitrogens with zero attached hydrogens (tertiary/aromatic N) is 4. The number of allylic oxidation sites excluding steroid dienone is 1. The zero-order chi connectivity index (χ0) is 42.1. The van der Waals surface area contributed by atoms with Crippen LogP contribution >= 0.6 is 23.1 Å². The van der Waals surface area contributed by atoms with Crippen LogP contribution in [0.5, 0.6) is 0 Å². The highest BCUT2D eigenvalue weighted by atomic mass is 32.2. The van der Waals surface area contributed by atoms with Crippen LogP contribution in [0.2, 0.25) is 0 Å². The van der Waals surface area contributed by atoms with Crippen LogP contribution in [0.3, 0.4) is 0 Å². The molecule has 0 bridgehead atoms. The number of oxime groups is 1. The lowest BCUT2D eigenvalue weighted by molar-refractivity contribution is -0.169. The summed E-state index contributed by atoms with van der Waals surface area (Å²) in [5.74, 6) is -1.99. The van der Waals surface area contributed by atoms with Crippen LogP contribution in [-0.2, 0) is 39.0 Å². The summed E-state index contributed by atoms with van der Waals surface area (Å²) in [6.45, 7) is 3.32. The van der Waals surface area contributed by atoms with Gasteiger partial charge in [-0.15, -0.1) is 23.1 Å². The molecule has 14 nitrogen and oxygen atoms in total. The molecule has 7 rings (SSSR count). The number of ether oxygens (including phenoxy) is 3. The highest BCUT2D eigenvalue weighted by molar-refractivity contribution is 8.00. The summed E-state index contributed by atoms with van der Waals surface area (Å²) in [6, 6.07) is 31.0. The first kappa shape index (κ1) is 41.4. The highest BCUT2D eigenvalue weighted by Crippen LogP contribution is 2.43. The lowest BCUT2D eigenvalue weighted by Crippen LogP contribution is -2.71. The van der Waals surface area contributed by atoms with E-state index in [1.165, 1.54) is 23.6 Å². The normalized spacial score (nSPS) is 17.0. The van der Waals surface area contributed by atoms with Gasteiger partial charge < -0.3 is 30.1 Å². The third-order valence-corrected chi connectivity index (χ3v) is 11.4. The Balaban J connectivity index is 1.20. The zero-order valence-corrected chi connectivity index (χ0v) is 34.1. The van der Waals surface area contributed by atoms with Crippen LogP contribution in [0.4, 0.5) is 9.93 Å². The van der Waals surface area contributed by atoms with Gasteiger partial charge >= 0.3 is 12.1 Å². The second kappa shape index (κ2) is 18.9. The molecule has 1 unspecified atom stereocenters. The average Bonchev–Trinajstić information content (AvgIpc) is 3.71. The van der Waals surface area contributed by atoms with Gasteiger partial charge in [0.05, 0.1) is 6.61 Å². The third kappa shape index (κ3) is 8.94. The maximum atomic E-state index is 14.4. The predicted octanol–water partition coefficient (Wildman–Crippen LogP) is 6.65. The van der Waals surface area contributed by atoms with Crippen molar-refractivity contribution < 1.29 is 38.2 Å². The van der Waals surface area contributed by atoms with Crippen molar-refractivity contribution in [2.45, 2.75) is 43.6 Å². The van der Waals surface area contributed by atoms with Gasteiger partial charge in [0.25, 0.3) is 11.8 Å². The Kier molecular flexibility index (Phi) is 13.0. The number of thioether (sulfide) groups is 1. The summed E-state index contributed by atoms with van der Waals surface area (Å²) in [4.78, 5) is 70.8. The van der Waals surface area contributed by atoms with Gasteiger partial charge in [-0.1, -0.05) is 121 Å². The number of aromatic nitrogens is 2. The molecular formula is C44H40N6O8S2. The van der Waals surface area contributed by atoms with Gasteiger partial charge in [0.2, 0.25) is 11.9 Å². The molecule has 0 radical (unpaired) electrons. The standard InChI is InChI=1S/C44H40N6O8S2/c1-3-24-55-43(54)57-28(2)56-41(53)37-30(22-21-29-14-13-23-46-25-29)26-59-40-36(39(52)50(37)40)48-38(51)35(34-27-60-42(45)47-34)49-58-44(31-15-7-4-8-16-31,32-17-9-5-10-18-32)33-19-11-6-12-20-33/h4-23,25,27-28,36,40H,3,24,26H2,1-2H3,(H2,45,47)(H,48,51)/b22-21-,49-35+/t28?,36-,40-/m1/s1. The van der Waals surface area contributed by atoms with E-state index in [0.717, 1.165) is 33.6 Å². The smallest absolute Gasteiger partial charge is 0.434 e. The summed E-state index contributed by atoms with van der Waals surface area (Å²) in [5.41, 5.74) is 8.01. The number of rotatable bonds is 15. The van der Waals surface area contributed by atoms with E-state index in [1.54, 1.807) is 36.0 Å². The predicted molar refractivity (Wildman–Crippen MR) is 227 cm³/mol. The number of carbonyl (C=O) groups is 4. The van der Waals surface area contributed by atoms with Crippen LogP contribution in [0.15, 0.2) is 143 Å². The van der Waals surface area contributed by atoms with Gasteiger partial charge in [0.15, 0.2) is 10.8 Å². The molecule has 1 fully saturated rings. The Morgan fingerprint density at radius 2 is 1.60 bits per heavy atom. The molecule has 0 spiro atoms. The van der Waals surface area contributed by atoms with Crippen molar-refractivity contribution >= 4 is 64.0 Å². The summed E-state index contributed by atoms with van der Waals surface area (Å²) in [6.07, 6.45) is 4.98. The lowest BCUT2D eigenvalue weighted by Gasteiger charge is -2.49. The largest absolute Gasteiger partial charge is 0.511 e. The third-order valence-electron chi connectivity index (χ3n) is 9.39. The van der Waals surface area contributed by atoms with Gasteiger partial charge in [0.1, 0.15) is 22.8 Å². The number of nitrogens with one attached hydrogen (secondary N) is 1. The number of β-lactam (4-membered cyclic amide) rings is 1. The van der Waals surface area contributed by atoms with Gasteiger partial charge in [-0.3, -0.25) is 19.5 Å². The van der Waals surface area contributed by atoms with Crippen LogP contribution in [0.1, 0.15) is 48.2 Å². The monoisotopic (exact) mass is 844 g/mol. The first-order chi connectivity index (χ1) is 29.2. The Bertz CT molecular complexity index is 2320. The molecule has 306 valence electrons. The number of pyridine rings is 1. The van der Waals surface area contributed by atoms with Gasteiger partial charge in [0, 0.05) is 47.1 Å². The summed E-state index contributed by atoms with van der Waals surface area (Å²) in [5, 5.41) is 8.42. The van der Waals surface area contributed by atoms with E-state index in [0.29, 0.717) is 12.0 Å².